The Balaban J connectivity index is 1.72. The van der Waals surface area contributed by atoms with Crippen molar-refractivity contribution in [3.05, 3.63) is 40.4 Å². The molecule has 4 rings (SSSR count). The molecule has 0 radical (unpaired) electrons. The van der Waals surface area contributed by atoms with Crippen molar-refractivity contribution in [2.24, 2.45) is 0 Å². The molecule has 1 fully saturated rings. The van der Waals surface area contributed by atoms with Gasteiger partial charge in [0.05, 0.1) is 11.1 Å². The van der Waals surface area contributed by atoms with Crippen molar-refractivity contribution < 1.29 is 8.42 Å². The molecule has 8 heteroatoms. The summed E-state index contributed by atoms with van der Waals surface area (Å²) in [4.78, 5) is 0.173. The lowest BCUT2D eigenvalue weighted by molar-refractivity contribution is 0.370. The van der Waals surface area contributed by atoms with E-state index in [-0.39, 0.29) is 16.0 Å². The van der Waals surface area contributed by atoms with Gasteiger partial charge in [-0.15, -0.1) is 10.2 Å². The number of hydrogen-bond acceptors (Lipinski definition) is 4. The normalized spacial score (nSPS) is 21.5. The summed E-state index contributed by atoms with van der Waals surface area (Å²) in [7, 11) is -3.68. The second kappa shape index (κ2) is 6.94. The predicted octanol–water partition coefficient (Wildman–Crippen LogP) is 3.49. The number of hydrogen-bond donors (Lipinski definition) is 0. The van der Waals surface area contributed by atoms with E-state index in [2.05, 4.69) is 14.8 Å². The number of halogens is 1. The van der Waals surface area contributed by atoms with Crippen molar-refractivity contribution >= 4 is 21.6 Å². The summed E-state index contributed by atoms with van der Waals surface area (Å²) in [6.45, 7) is 3.25. The van der Waals surface area contributed by atoms with E-state index in [0.717, 1.165) is 55.9 Å². The van der Waals surface area contributed by atoms with Crippen molar-refractivity contribution in [1.82, 2.24) is 19.1 Å². The highest BCUT2D eigenvalue weighted by Gasteiger charge is 2.40. The zero-order chi connectivity index (χ0) is 18.3. The van der Waals surface area contributed by atoms with Gasteiger partial charge in [-0.1, -0.05) is 24.1 Å². The molecule has 1 saturated heterocycles. The van der Waals surface area contributed by atoms with E-state index in [1.165, 1.54) is 6.42 Å². The molecular formula is C18H23ClN4O2S. The van der Waals surface area contributed by atoms with Crippen LogP contribution in [0.3, 0.4) is 0 Å². The number of aryl methyl sites for hydroxylation is 2. The van der Waals surface area contributed by atoms with E-state index in [9.17, 15) is 8.42 Å². The molecule has 140 valence electrons. The zero-order valence-corrected chi connectivity index (χ0v) is 16.4. The van der Waals surface area contributed by atoms with Crippen LogP contribution in [0.25, 0.3) is 0 Å². The molecular weight excluding hydrogens is 372 g/mol. The van der Waals surface area contributed by atoms with Crippen LogP contribution in [0.5, 0.6) is 0 Å². The number of sulfonamides is 1. The number of nitrogens with zero attached hydrogens (tertiary/aromatic N) is 4. The van der Waals surface area contributed by atoms with Gasteiger partial charge in [0.1, 0.15) is 10.7 Å². The summed E-state index contributed by atoms with van der Waals surface area (Å²) in [6, 6.07) is 4.82. The third-order valence-electron chi connectivity index (χ3n) is 5.31. The fourth-order valence-electron chi connectivity index (χ4n) is 3.98. The van der Waals surface area contributed by atoms with Gasteiger partial charge in [0, 0.05) is 19.5 Å². The molecule has 0 bridgehead atoms. The van der Waals surface area contributed by atoms with Crippen molar-refractivity contribution in [3.8, 4) is 0 Å². The van der Waals surface area contributed by atoms with Crippen molar-refractivity contribution in [2.45, 2.75) is 62.9 Å². The van der Waals surface area contributed by atoms with E-state index >= 15 is 0 Å². The number of rotatable bonds is 3. The average Bonchev–Trinajstić information content (AvgIpc) is 3.16. The monoisotopic (exact) mass is 394 g/mol. The Hall–Kier alpha value is -1.44. The first kappa shape index (κ1) is 17.9. The summed E-state index contributed by atoms with van der Waals surface area (Å²) >= 11 is 6.26. The number of fused-ring (bicyclic) bond motifs is 1. The topological polar surface area (TPSA) is 68.1 Å². The molecule has 1 aromatic heterocycles. The predicted molar refractivity (Wildman–Crippen MR) is 99.6 cm³/mol. The Morgan fingerprint density at radius 1 is 1.12 bits per heavy atom. The van der Waals surface area contributed by atoms with Gasteiger partial charge in [-0.25, -0.2) is 8.42 Å². The zero-order valence-electron chi connectivity index (χ0n) is 14.9. The molecule has 1 aromatic carbocycles. The van der Waals surface area contributed by atoms with Crippen molar-refractivity contribution in [2.75, 3.05) is 6.54 Å². The first-order valence-corrected chi connectivity index (χ1v) is 11.0. The second-order valence-electron chi connectivity index (χ2n) is 7.14. The van der Waals surface area contributed by atoms with Crippen LogP contribution in [0.1, 0.15) is 55.4 Å². The lowest BCUT2D eigenvalue weighted by Crippen LogP contribution is -2.32. The van der Waals surface area contributed by atoms with Gasteiger partial charge in [0.15, 0.2) is 5.82 Å². The lowest BCUT2D eigenvalue weighted by atomic mass is 10.2. The minimum Gasteiger partial charge on any atom is -0.314 e. The summed E-state index contributed by atoms with van der Waals surface area (Å²) in [5, 5.41) is 9.01. The number of benzene rings is 1. The third kappa shape index (κ3) is 3.06. The van der Waals surface area contributed by atoms with Gasteiger partial charge in [-0.3, -0.25) is 0 Å². The summed E-state index contributed by atoms with van der Waals surface area (Å²) < 4.78 is 30.3. The highest BCUT2D eigenvalue weighted by atomic mass is 35.5. The SMILES string of the molecule is Cc1ccc(S(=O)(=O)N2CCC[C@H]2c2nnc3n2CCCCC3)c(Cl)c1. The van der Waals surface area contributed by atoms with Gasteiger partial charge in [0.25, 0.3) is 0 Å². The Bertz CT molecular complexity index is 925. The second-order valence-corrected chi connectivity index (χ2v) is 9.41. The Kier molecular flexibility index (Phi) is 4.79. The first-order chi connectivity index (χ1) is 12.5. The molecule has 26 heavy (non-hydrogen) atoms. The Morgan fingerprint density at radius 2 is 1.96 bits per heavy atom. The maximum Gasteiger partial charge on any atom is 0.245 e. The summed E-state index contributed by atoms with van der Waals surface area (Å²) in [5.74, 6) is 1.77. The van der Waals surface area contributed by atoms with Gasteiger partial charge < -0.3 is 4.57 Å². The van der Waals surface area contributed by atoms with Crippen LogP contribution in [-0.4, -0.2) is 34.0 Å². The molecule has 2 aliphatic rings. The van der Waals surface area contributed by atoms with E-state index in [1.807, 2.05) is 6.92 Å². The molecule has 1 atom stereocenters. The quantitative estimate of drug-likeness (QED) is 0.799. The molecule has 0 aliphatic carbocycles. The maximum absolute atomic E-state index is 13.3. The minimum atomic E-state index is -3.68. The van der Waals surface area contributed by atoms with E-state index in [0.29, 0.717) is 6.54 Å². The van der Waals surface area contributed by atoms with Crippen LogP contribution in [0.4, 0.5) is 0 Å². The van der Waals surface area contributed by atoms with E-state index in [1.54, 1.807) is 22.5 Å². The largest absolute Gasteiger partial charge is 0.314 e. The Morgan fingerprint density at radius 3 is 2.77 bits per heavy atom. The van der Waals surface area contributed by atoms with Gasteiger partial charge >= 0.3 is 0 Å². The fraction of sp³-hybridized carbons (Fsp3) is 0.556. The summed E-state index contributed by atoms with van der Waals surface area (Å²) in [5.41, 5.74) is 0.940. The van der Waals surface area contributed by atoms with Crippen LogP contribution in [0.15, 0.2) is 23.1 Å². The van der Waals surface area contributed by atoms with Crippen LogP contribution in [0.2, 0.25) is 5.02 Å². The standard InChI is InChI=1S/C18H23ClN4O2S/c1-13-8-9-16(14(19)12-13)26(24,25)23-11-5-6-15(23)18-21-20-17-7-3-2-4-10-22(17)18/h8-9,12,15H,2-7,10-11H2,1H3/t15-/m0/s1. The first-order valence-electron chi connectivity index (χ1n) is 9.18. The minimum absolute atomic E-state index is 0.173. The Labute approximate surface area is 159 Å². The maximum atomic E-state index is 13.3. The average molecular weight is 395 g/mol. The van der Waals surface area contributed by atoms with Crippen LogP contribution in [0, 0.1) is 6.92 Å². The molecule has 2 aliphatic heterocycles. The molecule has 0 unspecified atom stereocenters. The summed E-state index contributed by atoms with van der Waals surface area (Å²) in [6.07, 6.45) is 5.87. The molecule has 0 N–H and O–H groups in total. The molecule has 6 nitrogen and oxygen atoms in total. The van der Waals surface area contributed by atoms with Gasteiger partial charge in [-0.2, -0.15) is 4.31 Å². The van der Waals surface area contributed by atoms with Crippen molar-refractivity contribution in [3.63, 3.8) is 0 Å². The van der Waals surface area contributed by atoms with Crippen LogP contribution < -0.4 is 0 Å². The highest BCUT2D eigenvalue weighted by Crippen LogP contribution is 2.38. The van der Waals surface area contributed by atoms with Crippen molar-refractivity contribution in [1.29, 1.82) is 0 Å². The lowest BCUT2D eigenvalue weighted by Gasteiger charge is -2.24. The van der Waals surface area contributed by atoms with E-state index < -0.39 is 10.0 Å². The molecule has 2 aromatic rings. The van der Waals surface area contributed by atoms with Gasteiger partial charge in [-0.05, 0) is 50.3 Å². The smallest absolute Gasteiger partial charge is 0.245 e. The van der Waals surface area contributed by atoms with Gasteiger partial charge in [0.2, 0.25) is 10.0 Å². The molecule has 0 spiro atoms. The molecule has 0 saturated carbocycles. The molecule has 3 heterocycles. The fourth-order valence-corrected chi connectivity index (χ4v) is 6.21. The number of aromatic nitrogens is 3. The highest BCUT2D eigenvalue weighted by molar-refractivity contribution is 7.89. The third-order valence-corrected chi connectivity index (χ3v) is 7.70. The van der Waals surface area contributed by atoms with E-state index in [4.69, 9.17) is 11.6 Å². The van der Waals surface area contributed by atoms with Crippen LogP contribution in [-0.2, 0) is 23.0 Å². The van der Waals surface area contributed by atoms with Crippen LogP contribution >= 0.6 is 11.6 Å². The molecule has 0 amide bonds.